The topological polar surface area (TPSA) is 64.6 Å². The monoisotopic (exact) mass is 385 g/mol. The lowest BCUT2D eigenvalue weighted by Crippen LogP contribution is -2.29. The molecule has 2 aromatic rings. The average molecular weight is 386 g/mol. The molecule has 0 spiro atoms. The lowest BCUT2D eigenvalue weighted by molar-refractivity contribution is -0.141. The number of esters is 1. The Morgan fingerprint density at radius 1 is 1.30 bits per heavy atom. The number of carbonyl (C=O) groups excluding carboxylic acids is 2. The second kappa shape index (κ2) is 8.73. The van der Waals surface area contributed by atoms with Crippen LogP contribution < -0.4 is 10.1 Å². The Morgan fingerprint density at radius 3 is 2.89 bits per heavy atom. The van der Waals surface area contributed by atoms with Crippen molar-refractivity contribution in [2.45, 2.75) is 18.9 Å². The third-order valence-electron chi connectivity index (χ3n) is 4.34. The van der Waals surface area contributed by atoms with Gasteiger partial charge in [-0.15, -0.1) is 0 Å². The smallest absolute Gasteiger partial charge is 0.307 e. The summed E-state index contributed by atoms with van der Waals surface area (Å²) in [7, 11) is 1.31. The van der Waals surface area contributed by atoms with Crippen LogP contribution in [-0.2, 0) is 20.7 Å². The molecule has 140 valence electrons. The third-order valence-corrected chi connectivity index (χ3v) is 4.68. The first-order valence-corrected chi connectivity index (χ1v) is 9.00. The number of benzene rings is 2. The molecule has 0 radical (unpaired) electrons. The van der Waals surface area contributed by atoms with E-state index in [1.54, 1.807) is 30.3 Å². The van der Waals surface area contributed by atoms with Crippen LogP contribution in [0.4, 0.5) is 0 Å². The summed E-state index contributed by atoms with van der Waals surface area (Å²) in [4.78, 5) is 24.1. The van der Waals surface area contributed by atoms with Gasteiger partial charge in [-0.2, -0.15) is 0 Å². The van der Waals surface area contributed by atoms with Gasteiger partial charge in [-0.3, -0.25) is 9.59 Å². The fourth-order valence-corrected chi connectivity index (χ4v) is 3.22. The van der Waals surface area contributed by atoms with Gasteiger partial charge in [0.05, 0.1) is 26.2 Å². The summed E-state index contributed by atoms with van der Waals surface area (Å²) < 4.78 is 10.2. The molecular weight excluding hydrogens is 366 g/mol. The summed E-state index contributed by atoms with van der Waals surface area (Å²) >= 11 is 6.22. The maximum atomic E-state index is 12.4. The van der Waals surface area contributed by atoms with Gasteiger partial charge in [-0.05, 0) is 41.0 Å². The molecule has 1 atom stereocenters. The number of ether oxygens (including phenoxy) is 2. The first-order chi connectivity index (χ1) is 13.1. The number of methoxy groups -OCH3 is 1. The van der Waals surface area contributed by atoms with Crippen molar-refractivity contribution in [3.63, 3.8) is 0 Å². The molecule has 1 N–H and O–H groups in total. The number of amides is 1. The predicted molar refractivity (Wildman–Crippen MR) is 104 cm³/mol. The Balaban J connectivity index is 1.72. The van der Waals surface area contributed by atoms with Gasteiger partial charge < -0.3 is 14.8 Å². The highest BCUT2D eigenvalue weighted by Gasteiger charge is 2.20. The van der Waals surface area contributed by atoms with Crippen LogP contribution in [0.15, 0.2) is 48.5 Å². The number of hydrogen-bond acceptors (Lipinski definition) is 4. The zero-order valence-corrected chi connectivity index (χ0v) is 15.7. The molecule has 1 amide bonds. The summed E-state index contributed by atoms with van der Waals surface area (Å²) in [5.74, 6) is 0.150. The maximum Gasteiger partial charge on any atom is 0.307 e. The van der Waals surface area contributed by atoms with Crippen molar-refractivity contribution in [2.24, 2.45) is 0 Å². The molecule has 0 saturated heterocycles. The number of halogens is 1. The Kier molecular flexibility index (Phi) is 6.14. The lowest BCUT2D eigenvalue weighted by Gasteiger charge is -2.18. The molecular formula is C21H20ClNO4. The van der Waals surface area contributed by atoms with E-state index in [0.717, 1.165) is 23.3 Å². The minimum absolute atomic E-state index is 0.00397. The van der Waals surface area contributed by atoms with Gasteiger partial charge in [-0.25, -0.2) is 0 Å². The molecule has 1 heterocycles. The first kappa shape index (κ1) is 19.0. The fraction of sp³-hybridized carbons (Fsp3) is 0.238. The van der Waals surface area contributed by atoms with E-state index >= 15 is 0 Å². The van der Waals surface area contributed by atoms with E-state index in [0.29, 0.717) is 17.2 Å². The molecule has 3 rings (SSSR count). The third kappa shape index (κ3) is 4.89. The quantitative estimate of drug-likeness (QED) is 0.608. The Hall–Kier alpha value is -2.79. The Bertz CT molecular complexity index is 878. The zero-order valence-electron chi connectivity index (χ0n) is 14.9. The number of rotatable bonds is 6. The lowest BCUT2D eigenvalue weighted by atomic mass is 10.0. The highest BCUT2D eigenvalue weighted by Crippen LogP contribution is 2.27. The highest BCUT2D eigenvalue weighted by molar-refractivity contribution is 6.31. The minimum Gasteiger partial charge on any atom is -0.493 e. The molecule has 1 unspecified atom stereocenters. The van der Waals surface area contributed by atoms with E-state index < -0.39 is 12.0 Å². The number of hydrogen-bond donors (Lipinski definition) is 1. The molecule has 0 fully saturated rings. The molecule has 5 nitrogen and oxygen atoms in total. The SMILES string of the molecule is COC(=O)CC(NC(=O)/C=C/c1ccc2c(c1)CCO2)c1ccccc1Cl. The largest absolute Gasteiger partial charge is 0.493 e. The predicted octanol–water partition coefficient (Wildman–Crippen LogP) is 3.71. The molecule has 27 heavy (non-hydrogen) atoms. The Labute approximate surface area is 162 Å². The van der Waals surface area contributed by atoms with Crippen LogP contribution in [0.5, 0.6) is 5.75 Å². The van der Waals surface area contributed by atoms with Crippen molar-refractivity contribution in [1.29, 1.82) is 0 Å². The van der Waals surface area contributed by atoms with E-state index in [-0.39, 0.29) is 12.3 Å². The number of carbonyl (C=O) groups is 2. The normalized spacial score (nSPS) is 13.7. The van der Waals surface area contributed by atoms with Crippen molar-refractivity contribution < 1.29 is 19.1 Å². The highest BCUT2D eigenvalue weighted by atomic mass is 35.5. The van der Waals surface area contributed by atoms with Crippen LogP contribution in [0.1, 0.15) is 29.2 Å². The molecule has 0 aliphatic carbocycles. The van der Waals surface area contributed by atoms with Gasteiger partial charge in [0.15, 0.2) is 0 Å². The van der Waals surface area contributed by atoms with Crippen LogP contribution in [0.25, 0.3) is 6.08 Å². The standard InChI is InChI=1S/C21H20ClNO4/c1-26-21(25)13-18(16-4-2-3-5-17(16)22)23-20(24)9-7-14-6-8-19-15(12-14)10-11-27-19/h2-9,12,18H,10-11,13H2,1H3,(H,23,24)/b9-7+. The van der Waals surface area contributed by atoms with Crippen LogP contribution >= 0.6 is 11.6 Å². The number of fused-ring (bicyclic) bond motifs is 1. The van der Waals surface area contributed by atoms with Crippen LogP contribution in [0.3, 0.4) is 0 Å². The first-order valence-electron chi connectivity index (χ1n) is 8.62. The maximum absolute atomic E-state index is 12.4. The minimum atomic E-state index is -0.572. The van der Waals surface area contributed by atoms with E-state index in [1.807, 2.05) is 18.2 Å². The molecule has 6 heteroatoms. The van der Waals surface area contributed by atoms with Gasteiger partial charge in [0.1, 0.15) is 5.75 Å². The molecule has 1 aliphatic rings. The Morgan fingerprint density at radius 2 is 2.11 bits per heavy atom. The van der Waals surface area contributed by atoms with Crippen molar-refractivity contribution in [2.75, 3.05) is 13.7 Å². The van der Waals surface area contributed by atoms with Crippen molar-refractivity contribution in [3.05, 3.63) is 70.3 Å². The van der Waals surface area contributed by atoms with Gasteiger partial charge >= 0.3 is 5.97 Å². The van der Waals surface area contributed by atoms with Crippen molar-refractivity contribution in [1.82, 2.24) is 5.32 Å². The van der Waals surface area contributed by atoms with Gasteiger partial charge in [-0.1, -0.05) is 35.9 Å². The second-order valence-corrected chi connectivity index (χ2v) is 6.57. The van der Waals surface area contributed by atoms with Gasteiger partial charge in [0.25, 0.3) is 0 Å². The summed E-state index contributed by atoms with van der Waals surface area (Å²) in [6.45, 7) is 0.691. The summed E-state index contributed by atoms with van der Waals surface area (Å²) in [5, 5.41) is 3.31. The van der Waals surface area contributed by atoms with Crippen LogP contribution in [-0.4, -0.2) is 25.6 Å². The van der Waals surface area contributed by atoms with Crippen molar-refractivity contribution >= 4 is 29.6 Å². The van der Waals surface area contributed by atoms with E-state index in [4.69, 9.17) is 21.1 Å². The van der Waals surface area contributed by atoms with Crippen LogP contribution in [0, 0.1) is 0 Å². The molecule has 0 bridgehead atoms. The van der Waals surface area contributed by atoms with Gasteiger partial charge in [0, 0.05) is 17.5 Å². The molecule has 1 aliphatic heterocycles. The summed E-state index contributed by atoms with van der Waals surface area (Å²) in [5.41, 5.74) is 2.72. The summed E-state index contributed by atoms with van der Waals surface area (Å²) in [6, 6.07) is 12.3. The van der Waals surface area contributed by atoms with E-state index in [9.17, 15) is 9.59 Å². The van der Waals surface area contributed by atoms with Crippen LogP contribution in [0.2, 0.25) is 5.02 Å². The van der Waals surface area contributed by atoms with E-state index in [2.05, 4.69) is 5.32 Å². The number of nitrogens with one attached hydrogen (secondary N) is 1. The van der Waals surface area contributed by atoms with Gasteiger partial charge in [0.2, 0.25) is 5.91 Å². The van der Waals surface area contributed by atoms with Crippen molar-refractivity contribution in [3.8, 4) is 5.75 Å². The molecule has 2 aromatic carbocycles. The average Bonchev–Trinajstić information content (AvgIpc) is 3.14. The fourth-order valence-electron chi connectivity index (χ4n) is 2.95. The van der Waals surface area contributed by atoms with E-state index in [1.165, 1.54) is 13.2 Å². The molecule has 0 saturated carbocycles. The zero-order chi connectivity index (χ0) is 19.2. The second-order valence-electron chi connectivity index (χ2n) is 6.16. The molecule has 0 aromatic heterocycles. The summed E-state index contributed by atoms with van der Waals surface area (Å²) in [6.07, 6.45) is 4.04.